The molecule has 0 aliphatic heterocycles. The van der Waals surface area contributed by atoms with E-state index in [1.165, 1.54) is 4.31 Å². The van der Waals surface area contributed by atoms with Gasteiger partial charge in [-0.15, -0.1) is 0 Å². The third-order valence-electron chi connectivity index (χ3n) is 3.48. The molecule has 0 N–H and O–H groups in total. The number of sulfonamides is 1. The second-order valence-corrected chi connectivity index (χ2v) is 6.97. The van der Waals surface area contributed by atoms with Gasteiger partial charge in [0.2, 0.25) is 10.0 Å². The summed E-state index contributed by atoms with van der Waals surface area (Å²) in [6.45, 7) is 4.56. The number of rotatable bonds is 8. The lowest BCUT2D eigenvalue weighted by molar-refractivity contribution is 0.450. The first-order valence-corrected chi connectivity index (χ1v) is 8.44. The van der Waals surface area contributed by atoms with Crippen molar-refractivity contribution in [3.05, 3.63) is 30.1 Å². The van der Waals surface area contributed by atoms with Crippen molar-refractivity contribution in [2.75, 3.05) is 19.3 Å². The van der Waals surface area contributed by atoms with Crippen LogP contribution in [0.4, 0.5) is 0 Å². The fourth-order valence-corrected chi connectivity index (χ4v) is 3.60. The number of hydrogen-bond donors (Lipinski definition) is 0. The van der Waals surface area contributed by atoms with Crippen molar-refractivity contribution >= 4 is 10.0 Å². The maximum Gasteiger partial charge on any atom is 0.214 e. The van der Waals surface area contributed by atoms with Crippen LogP contribution in [-0.4, -0.2) is 37.1 Å². The van der Waals surface area contributed by atoms with Crippen LogP contribution in [-0.2, 0) is 16.4 Å². The van der Waals surface area contributed by atoms with Gasteiger partial charge in [0.25, 0.3) is 0 Å². The molecule has 0 atom stereocenters. The largest absolute Gasteiger partial charge is 0.261 e. The molecular formula is C14H24N2O2S. The SMILES string of the molecule is CCC(CC)CS(=O)(=O)N(C)CCc1ccccn1. The molecule has 5 heteroatoms. The Labute approximate surface area is 116 Å². The molecule has 1 aromatic heterocycles. The van der Waals surface area contributed by atoms with Crippen LogP contribution in [0.25, 0.3) is 0 Å². The third-order valence-corrected chi connectivity index (χ3v) is 5.51. The number of nitrogens with zero attached hydrogens (tertiary/aromatic N) is 2. The maximum atomic E-state index is 12.2. The van der Waals surface area contributed by atoms with Gasteiger partial charge >= 0.3 is 0 Å². The molecule has 1 rings (SSSR count). The minimum atomic E-state index is -3.15. The first-order valence-electron chi connectivity index (χ1n) is 6.83. The Kier molecular flexibility index (Phi) is 6.45. The van der Waals surface area contributed by atoms with Gasteiger partial charge in [-0.25, -0.2) is 12.7 Å². The highest BCUT2D eigenvalue weighted by Gasteiger charge is 2.21. The summed E-state index contributed by atoms with van der Waals surface area (Å²) in [4.78, 5) is 4.20. The second-order valence-electron chi connectivity index (χ2n) is 4.85. The zero-order valence-corrected chi connectivity index (χ0v) is 12.9. The quantitative estimate of drug-likeness (QED) is 0.736. The summed E-state index contributed by atoms with van der Waals surface area (Å²) in [6.07, 6.45) is 4.20. The lowest BCUT2D eigenvalue weighted by Gasteiger charge is -2.20. The first kappa shape index (κ1) is 16.1. The summed E-state index contributed by atoms with van der Waals surface area (Å²) >= 11 is 0. The Balaban J connectivity index is 2.54. The molecule has 0 saturated carbocycles. The van der Waals surface area contributed by atoms with E-state index in [9.17, 15) is 8.42 Å². The Morgan fingerprint density at radius 1 is 1.26 bits per heavy atom. The van der Waals surface area contributed by atoms with Gasteiger partial charge in [0, 0.05) is 31.9 Å². The van der Waals surface area contributed by atoms with E-state index in [2.05, 4.69) is 4.98 Å². The third kappa shape index (κ3) is 5.28. The van der Waals surface area contributed by atoms with Crippen molar-refractivity contribution in [3.8, 4) is 0 Å². The zero-order valence-electron chi connectivity index (χ0n) is 12.0. The van der Waals surface area contributed by atoms with Crippen LogP contribution in [0.5, 0.6) is 0 Å². The lowest BCUT2D eigenvalue weighted by atomic mass is 10.1. The fourth-order valence-electron chi connectivity index (χ4n) is 1.91. The number of aromatic nitrogens is 1. The van der Waals surface area contributed by atoms with Crippen LogP contribution in [0, 0.1) is 5.92 Å². The molecule has 0 aliphatic rings. The molecule has 19 heavy (non-hydrogen) atoms. The van der Waals surface area contributed by atoms with E-state index in [-0.39, 0.29) is 11.7 Å². The molecule has 0 bridgehead atoms. The van der Waals surface area contributed by atoms with Crippen LogP contribution in [0.3, 0.4) is 0 Å². The van der Waals surface area contributed by atoms with Gasteiger partial charge < -0.3 is 0 Å². The Morgan fingerprint density at radius 2 is 1.95 bits per heavy atom. The summed E-state index contributed by atoms with van der Waals surface area (Å²) in [5.74, 6) is 0.501. The zero-order chi connectivity index (χ0) is 14.3. The van der Waals surface area contributed by atoms with E-state index < -0.39 is 10.0 Å². The van der Waals surface area contributed by atoms with E-state index in [4.69, 9.17) is 0 Å². The van der Waals surface area contributed by atoms with Crippen LogP contribution >= 0.6 is 0 Å². The van der Waals surface area contributed by atoms with E-state index in [1.807, 2.05) is 32.0 Å². The normalized spacial score (nSPS) is 12.3. The predicted molar refractivity (Wildman–Crippen MR) is 78.4 cm³/mol. The Hall–Kier alpha value is -0.940. The molecule has 108 valence electrons. The van der Waals surface area contributed by atoms with Crippen molar-refractivity contribution in [2.45, 2.75) is 33.1 Å². The van der Waals surface area contributed by atoms with Crippen molar-refractivity contribution in [1.29, 1.82) is 0 Å². The first-order chi connectivity index (χ1) is 8.99. The van der Waals surface area contributed by atoms with Crippen LogP contribution < -0.4 is 0 Å². The lowest BCUT2D eigenvalue weighted by Crippen LogP contribution is -2.33. The summed E-state index contributed by atoms with van der Waals surface area (Å²) in [7, 11) is -1.49. The maximum absolute atomic E-state index is 12.2. The van der Waals surface area contributed by atoms with Gasteiger partial charge in [0.15, 0.2) is 0 Å². The van der Waals surface area contributed by atoms with Gasteiger partial charge in [0.1, 0.15) is 0 Å². The number of hydrogen-bond acceptors (Lipinski definition) is 3. The van der Waals surface area contributed by atoms with E-state index in [0.29, 0.717) is 13.0 Å². The Morgan fingerprint density at radius 3 is 2.47 bits per heavy atom. The van der Waals surface area contributed by atoms with Crippen LogP contribution in [0.15, 0.2) is 24.4 Å². The van der Waals surface area contributed by atoms with Gasteiger partial charge in [0.05, 0.1) is 5.75 Å². The predicted octanol–water partition coefficient (Wildman–Crippen LogP) is 2.32. The molecule has 1 aromatic rings. The van der Waals surface area contributed by atoms with Crippen molar-refractivity contribution < 1.29 is 8.42 Å². The minimum absolute atomic E-state index is 0.249. The van der Waals surface area contributed by atoms with Crippen LogP contribution in [0.1, 0.15) is 32.4 Å². The summed E-state index contributed by atoms with van der Waals surface area (Å²) in [5, 5.41) is 0. The topological polar surface area (TPSA) is 50.3 Å². The Bertz CT molecular complexity index is 456. The molecule has 0 amide bonds. The highest BCUT2D eigenvalue weighted by atomic mass is 32.2. The fraction of sp³-hybridized carbons (Fsp3) is 0.643. The molecule has 0 unspecified atom stereocenters. The van der Waals surface area contributed by atoms with E-state index in [0.717, 1.165) is 18.5 Å². The highest BCUT2D eigenvalue weighted by molar-refractivity contribution is 7.89. The van der Waals surface area contributed by atoms with Crippen molar-refractivity contribution in [3.63, 3.8) is 0 Å². The van der Waals surface area contributed by atoms with Gasteiger partial charge in [-0.2, -0.15) is 0 Å². The molecule has 4 nitrogen and oxygen atoms in total. The van der Waals surface area contributed by atoms with Crippen LogP contribution in [0.2, 0.25) is 0 Å². The molecule has 1 heterocycles. The highest BCUT2D eigenvalue weighted by Crippen LogP contribution is 2.13. The van der Waals surface area contributed by atoms with Crippen molar-refractivity contribution in [1.82, 2.24) is 9.29 Å². The van der Waals surface area contributed by atoms with Gasteiger partial charge in [-0.05, 0) is 18.1 Å². The molecular weight excluding hydrogens is 260 g/mol. The molecule has 0 radical (unpaired) electrons. The number of pyridine rings is 1. The molecule has 0 saturated heterocycles. The summed E-state index contributed by atoms with van der Waals surface area (Å²) in [5.41, 5.74) is 0.923. The van der Waals surface area contributed by atoms with E-state index >= 15 is 0 Å². The van der Waals surface area contributed by atoms with Gasteiger partial charge in [-0.3, -0.25) is 4.98 Å². The summed E-state index contributed by atoms with van der Waals surface area (Å²) in [6, 6.07) is 5.69. The molecule has 0 aromatic carbocycles. The van der Waals surface area contributed by atoms with Crippen molar-refractivity contribution in [2.24, 2.45) is 5.92 Å². The average Bonchev–Trinajstić information content (AvgIpc) is 2.43. The monoisotopic (exact) mass is 284 g/mol. The molecule has 0 fully saturated rings. The van der Waals surface area contributed by atoms with E-state index in [1.54, 1.807) is 13.2 Å². The number of likely N-dealkylation sites (N-methyl/N-ethyl adjacent to an activating group) is 1. The summed E-state index contributed by atoms with van der Waals surface area (Å²) < 4.78 is 25.8. The average molecular weight is 284 g/mol. The minimum Gasteiger partial charge on any atom is -0.261 e. The molecule has 0 aliphatic carbocycles. The second kappa shape index (κ2) is 7.60. The standard InChI is InChI=1S/C14H24N2O2S/c1-4-13(5-2)12-19(17,18)16(3)11-9-14-8-6-7-10-15-14/h6-8,10,13H,4-5,9,11-12H2,1-3H3. The smallest absolute Gasteiger partial charge is 0.214 e. The van der Waals surface area contributed by atoms with Gasteiger partial charge in [-0.1, -0.05) is 32.8 Å². The molecule has 0 spiro atoms.